The molecule has 5 aliphatic rings. The normalized spacial score (nSPS) is 22.5. The van der Waals surface area contributed by atoms with E-state index in [2.05, 4.69) is 61.8 Å². The van der Waals surface area contributed by atoms with E-state index in [1.807, 2.05) is 13.8 Å². The van der Waals surface area contributed by atoms with Crippen LogP contribution in [0, 0.1) is 36.5 Å². The molecule has 0 amide bonds. The Morgan fingerprint density at radius 3 is 1.68 bits per heavy atom. The minimum absolute atomic E-state index is 0.188. The molecule has 53 heavy (non-hydrogen) atoms. The molecular formula is C43H50N4O6. The maximum Gasteiger partial charge on any atom is 0.189 e. The summed E-state index contributed by atoms with van der Waals surface area (Å²) < 4.78 is 37.7. The van der Waals surface area contributed by atoms with Crippen LogP contribution in [0.25, 0.3) is 0 Å². The first-order chi connectivity index (χ1) is 25.4. The summed E-state index contributed by atoms with van der Waals surface area (Å²) in [4.78, 5) is 4.91. The molecule has 0 aromatic heterocycles. The number of fused-ring (bicyclic) bond motifs is 6. The van der Waals surface area contributed by atoms with Gasteiger partial charge in [0.05, 0.1) is 40.6 Å². The van der Waals surface area contributed by atoms with Gasteiger partial charge in [0.2, 0.25) is 0 Å². The van der Waals surface area contributed by atoms with Crippen molar-refractivity contribution >= 4 is 0 Å². The number of ether oxygens (including phenoxy) is 6. The fourth-order valence-electron chi connectivity index (χ4n) is 10.2. The number of methoxy groups -OCH3 is 2. The maximum absolute atomic E-state index is 10.4. The van der Waals surface area contributed by atoms with Crippen LogP contribution < -0.4 is 18.9 Å². The summed E-state index contributed by atoms with van der Waals surface area (Å²) in [6.45, 7) is 20.5. The Morgan fingerprint density at radius 1 is 0.679 bits per heavy atom. The number of morpholine rings is 2. The fraction of sp³-hybridized carbons (Fsp3) is 0.535. The van der Waals surface area contributed by atoms with Crippen molar-refractivity contribution in [3.63, 3.8) is 0 Å². The number of hydrogen-bond acceptors (Lipinski definition) is 10. The van der Waals surface area contributed by atoms with E-state index in [0.29, 0.717) is 67.1 Å². The molecule has 0 radical (unpaired) electrons. The van der Waals surface area contributed by atoms with Crippen LogP contribution in [-0.4, -0.2) is 76.6 Å². The molecule has 0 N–H and O–H groups in total. The molecular weight excluding hydrogens is 668 g/mol. The molecule has 278 valence electrons. The third-order valence-electron chi connectivity index (χ3n) is 12.6. The van der Waals surface area contributed by atoms with E-state index in [1.165, 1.54) is 27.8 Å². The molecule has 1 unspecified atom stereocenters. The van der Waals surface area contributed by atoms with Crippen LogP contribution in [0.5, 0.6) is 34.5 Å². The third-order valence-corrected chi connectivity index (χ3v) is 12.6. The zero-order valence-corrected chi connectivity index (χ0v) is 32.4. The van der Waals surface area contributed by atoms with Crippen LogP contribution in [0.15, 0.2) is 12.1 Å². The van der Waals surface area contributed by atoms with Gasteiger partial charge in [0.25, 0.3) is 0 Å². The highest BCUT2D eigenvalue weighted by Crippen LogP contribution is 2.68. The second-order valence-corrected chi connectivity index (χ2v) is 16.7. The summed E-state index contributed by atoms with van der Waals surface area (Å²) in [5.41, 5.74) is 8.80. The monoisotopic (exact) mass is 718 g/mol. The van der Waals surface area contributed by atoms with E-state index in [1.54, 1.807) is 14.2 Å². The van der Waals surface area contributed by atoms with E-state index in [9.17, 15) is 10.5 Å². The van der Waals surface area contributed by atoms with Gasteiger partial charge in [-0.3, -0.25) is 9.80 Å². The average molecular weight is 719 g/mol. The lowest BCUT2D eigenvalue weighted by Gasteiger charge is -2.37. The van der Waals surface area contributed by atoms with Gasteiger partial charge in [-0.05, 0) is 83.0 Å². The quantitative estimate of drug-likeness (QED) is 0.202. The minimum atomic E-state index is -0.391. The lowest BCUT2D eigenvalue weighted by atomic mass is 9.70. The molecule has 10 heteroatoms. The number of nitriles is 2. The first-order valence-corrected chi connectivity index (χ1v) is 18.8. The van der Waals surface area contributed by atoms with Gasteiger partial charge in [0.15, 0.2) is 34.5 Å². The standard InChI is InChI=1S/C43H50N4O6/c1-25-26(2)28(20-45)40-39(27(25)19-44)52-34-18-32-36(30(38(34)53-40)22-47-11-15-51-16-12-47)43(24-42(32,5)6)23-41(3,4)31-17-33(48-7)37(49-8)29(35(31)43)21-46-9-13-50-14-10-46/h17-18H,9-16,21-24H2,1-8H3. The van der Waals surface area contributed by atoms with Gasteiger partial charge >= 0.3 is 0 Å². The average Bonchev–Trinajstić information content (AvgIpc) is 3.51. The molecule has 0 bridgehead atoms. The topological polar surface area (TPSA) is 109 Å². The number of benzene rings is 3. The third kappa shape index (κ3) is 5.40. The van der Waals surface area contributed by atoms with Crippen molar-refractivity contribution in [2.24, 2.45) is 0 Å². The van der Waals surface area contributed by atoms with Crippen LogP contribution in [0.2, 0.25) is 0 Å². The highest BCUT2D eigenvalue weighted by molar-refractivity contribution is 5.75. The predicted molar refractivity (Wildman–Crippen MR) is 200 cm³/mol. The molecule has 2 aliphatic carbocycles. The van der Waals surface area contributed by atoms with Gasteiger partial charge in [-0.1, -0.05) is 27.7 Å². The van der Waals surface area contributed by atoms with E-state index < -0.39 is 5.41 Å². The van der Waals surface area contributed by atoms with Gasteiger partial charge in [0.1, 0.15) is 23.3 Å². The summed E-state index contributed by atoms with van der Waals surface area (Å²) in [5, 5.41) is 20.7. The minimum Gasteiger partial charge on any atom is -0.493 e. The summed E-state index contributed by atoms with van der Waals surface area (Å²) in [6.07, 6.45) is 1.78. The maximum atomic E-state index is 10.4. The lowest BCUT2D eigenvalue weighted by molar-refractivity contribution is 0.0334. The summed E-state index contributed by atoms with van der Waals surface area (Å²) in [7, 11) is 3.48. The van der Waals surface area contributed by atoms with Crippen molar-refractivity contribution in [2.75, 3.05) is 66.8 Å². The van der Waals surface area contributed by atoms with E-state index >= 15 is 0 Å². The van der Waals surface area contributed by atoms with E-state index in [-0.39, 0.29) is 10.8 Å². The van der Waals surface area contributed by atoms with Crippen LogP contribution >= 0.6 is 0 Å². The highest BCUT2D eigenvalue weighted by atomic mass is 16.6. The Hall–Kier alpha value is -4.32. The van der Waals surface area contributed by atoms with Gasteiger partial charge in [0, 0.05) is 55.8 Å². The molecule has 3 aromatic carbocycles. The second-order valence-electron chi connectivity index (χ2n) is 16.7. The molecule has 8 rings (SSSR count). The first kappa shape index (κ1) is 35.7. The molecule has 3 aliphatic heterocycles. The smallest absolute Gasteiger partial charge is 0.189 e. The van der Waals surface area contributed by atoms with Gasteiger partial charge in [-0.15, -0.1) is 0 Å². The van der Waals surface area contributed by atoms with Crippen molar-refractivity contribution in [1.29, 1.82) is 10.5 Å². The Kier molecular flexibility index (Phi) is 8.70. The second kappa shape index (κ2) is 12.9. The zero-order chi connectivity index (χ0) is 37.4. The molecule has 3 heterocycles. The predicted octanol–water partition coefficient (Wildman–Crippen LogP) is 7.28. The van der Waals surface area contributed by atoms with Gasteiger partial charge < -0.3 is 28.4 Å². The van der Waals surface area contributed by atoms with Crippen LogP contribution in [0.4, 0.5) is 0 Å². The van der Waals surface area contributed by atoms with Crippen molar-refractivity contribution < 1.29 is 28.4 Å². The molecule has 2 fully saturated rings. The molecule has 0 saturated carbocycles. The van der Waals surface area contributed by atoms with Crippen LogP contribution in [0.3, 0.4) is 0 Å². The summed E-state index contributed by atoms with van der Waals surface area (Å²) >= 11 is 0. The van der Waals surface area contributed by atoms with Crippen molar-refractivity contribution in [3.8, 4) is 46.6 Å². The lowest BCUT2D eigenvalue weighted by Crippen LogP contribution is -2.38. The van der Waals surface area contributed by atoms with Gasteiger partial charge in [-0.2, -0.15) is 10.5 Å². The molecule has 2 saturated heterocycles. The largest absolute Gasteiger partial charge is 0.493 e. The highest BCUT2D eigenvalue weighted by Gasteiger charge is 2.59. The molecule has 3 aromatic rings. The number of rotatable bonds is 6. The molecule has 1 spiro atoms. The van der Waals surface area contributed by atoms with Crippen LogP contribution in [-0.2, 0) is 38.8 Å². The Morgan fingerprint density at radius 2 is 1.17 bits per heavy atom. The first-order valence-electron chi connectivity index (χ1n) is 18.8. The van der Waals surface area contributed by atoms with E-state index in [0.717, 1.165) is 73.8 Å². The van der Waals surface area contributed by atoms with Crippen molar-refractivity contribution in [2.45, 2.75) is 83.7 Å². The molecule has 1 atom stereocenters. The fourth-order valence-corrected chi connectivity index (χ4v) is 10.2. The van der Waals surface area contributed by atoms with Gasteiger partial charge in [-0.25, -0.2) is 0 Å². The zero-order valence-electron chi connectivity index (χ0n) is 32.4. The Balaban J connectivity index is 1.43. The molecule has 10 nitrogen and oxygen atoms in total. The number of nitrogens with zero attached hydrogens (tertiary/aromatic N) is 4. The van der Waals surface area contributed by atoms with E-state index in [4.69, 9.17) is 28.4 Å². The summed E-state index contributed by atoms with van der Waals surface area (Å²) in [5.74, 6) is 3.40. The SMILES string of the molecule is COc1cc2c(c(CN3CCOCC3)c1OC)C1(CC2(C)C)CC(C)(C)c2cc3c(c(CN4CCOCC4)c21)Oc1c(C#N)c(C)c(C)c(C#N)c1O3. The number of hydrogen-bond donors (Lipinski definition) is 0. The van der Waals surface area contributed by atoms with Crippen LogP contribution in [0.1, 0.15) is 96.2 Å². The Labute approximate surface area is 313 Å². The Bertz CT molecular complexity index is 2100. The summed E-state index contributed by atoms with van der Waals surface area (Å²) in [6, 6.07) is 9.11. The van der Waals surface area contributed by atoms with Crippen molar-refractivity contribution in [1.82, 2.24) is 9.80 Å². The van der Waals surface area contributed by atoms with Crippen molar-refractivity contribution in [3.05, 3.63) is 67.8 Å².